The Balaban J connectivity index is 0.00000261. The van der Waals surface area contributed by atoms with Crippen molar-refractivity contribution in [2.45, 2.75) is 32.2 Å². The number of hydrogen-bond acceptors (Lipinski definition) is 2. The Hall–Kier alpha value is -1.28. The van der Waals surface area contributed by atoms with Gasteiger partial charge >= 0.3 is 0 Å². The molecule has 6 heteroatoms. The van der Waals surface area contributed by atoms with Crippen molar-refractivity contribution in [1.82, 2.24) is 14.8 Å². The second-order valence-corrected chi connectivity index (χ2v) is 7.16. The van der Waals surface area contributed by atoms with Crippen molar-refractivity contribution in [2.24, 2.45) is 10.9 Å². The number of aliphatic imine (C=N–C) groups is 1. The van der Waals surface area contributed by atoms with E-state index in [9.17, 15) is 0 Å². The summed E-state index contributed by atoms with van der Waals surface area (Å²) in [6.45, 7) is 4.85. The highest BCUT2D eigenvalue weighted by atomic mass is 127. The lowest BCUT2D eigenvalue weighted by Gasteiger charge is -2.26. The molecule has 0 saturated carbocycles. The SMILES string of the molecule is CN=C(NCCCn1ccc2ccccc21)N(C)CCC1CCOCC1.I. The first kappa shape index (κ1) is 22.0. The zero-order valence-corrected chi connectivity index (χ0v) is 18.9. The molecule has 1 aliphatic rings. The molecular weight excluding hydrogens is 451 g/mol. The monoisotopic (exact) mass is 484 g/mol. The molecule has 0 bridgehead atoms. The Kier molecular flexibility index (Phi) is 9.41. The van der Waals surface area contributed by atoms with Crippen molar-refractivity contribution < 1.29 is 4.74 Å². The van der Waals surface area contributed by atoms with E-state index < -0.39 is 0 Å². The van der Waals surface area contributed by atoms with Gasteiger partial charge in [0.2, 0.25) is 0 Å². The highest BCUT2D eigenvalue weighted by Crippen LogP contribution is 2.18. The number of ether oxygens (including phenoxy) is 1. The van der Waals surface area contributed by atoms with Gasteiger partial charge in [-0.15, -0.1) is 24.0 Å². The zero-order chi connectivity index (χ0) is 18.2. The van der Waals surface area contributed by atoms with Crippen molar-refractivity contribution in [2.75, 3.05) is 40.4 Å². The standard InChI is InChI=1S/C21H32N4O.HI/c1-22-21(24(2)14-8-18-10-16-26-17-11-18)23-12-5-13-25-15-9-19-6-3-4-7-20(19)25;/h3-4,6-7,9,15,18H,5,8,10-14,16-17H2,1-2H3,(H,22,23);1H. The van der Waals surface area contributed by atoms with Gasteiger partial charge in [0.1, 0.15) is 0 Å². The number of nitrogens with one attached hydrogen (secondary N) is 1. The number of halogens is 1. The maximum atomic E-state index is 5.45. The molecular formula is C21H33IN4O. The van der Waals surface area contributed by atoms with Crippen LogP contribution in [0.1, 0.15) is 25.7 Å². The van der Waals surface area contributed by atoms with Gasteiger partial charge in [0.25, 0.3) is 0 Å². The van der Waals surface area contributed by atoms with Crippen LogP contribution in [0.2, 0.25) is 0 Å². The van der Waals surface area contributed by atoms with Crippen LogP contribution >= 0.6 is 24.0 Å². The van der Waals surface area contributed by atoms with Crippen molar-refractivity contribution >= 4 is 40.8 Å². The molecule has 5 nitrogen and oxygen atoms in total. The highest BCUT2D eigenvalue weighted by molar-refractivity contribution is 14.0. The number of benzene rings is 1. The molecule has 0 amide bonds. The van der Waals surface area contributed by atoms with E-state index in [0.29, 0.717) is 0 Å². The fraction of sp³-hybridized carbons (Fsp3) is 0.571. The third-order valence-electron chi connectivity index (χ3n) is 5.33. The maximum absolute atomic E-state index is 5.45. The van der Waals surface area contributed by atoms with E-state index >= 15 is 0 Å². The third-order valence-corrected chi connectivity index (χ3v) is 5.33. The first-order chi connectivity index (χ1) is 12.8. The average molecular weight is 484 g/mol. The number of guanidine groups is 1. The molecule has 150 valence electrons. The van der Waals surface area contributed by atoms with Crippen LogP contribution < -0.4 is 5.32 Å². The first-order valence-corrected chi connectivity index (χ1v) is 9.81. The van der Waals surface area contributed by atoms with E-state index in [0.717, 1.165) is 51.1 Å². The molecule has 3 rings (SSSR count). The van der Waals surface area contributed by atoms with Crippen LogP contribution in [0.5, 0.6) is 0 Å². The third kappa shape index (κ3) is 6.38. The maximum Gasteiger partial charge on any atom is 0.193 e. The minimum atomic E-state index is 0. The van der Waals surface area contributed by atoms with Gasteiger partial charge in [-0.1, -0.05) is 18.2 Å². The number of fused-ring (bicyclic) bond motifs is 1. The minimum Gasteiger partial charge on any atom is -0.381 e. The molecule has 0 atom stereocenters. The number of nitrogens with zero attached hydrogens (tertiary/aromatic N) is 3. The summed E-state index contributed by atoms with van der Waals surface area (Å²) in [6, 6.07) is 10.7. The van der Waals surface area contributed by atoms with Crippen LogP contribution in [-0.2, 0) is 11.3 Å². The molecule has 1 fully saturated rings. The van der Waals surface area contributed by atoms with Crippen molar-refractivity contribution in [1.29, 1.82) is 0 Å². The van der Waals surface area contributed by atoms with Crippen molar-refractivity contribution in [3.8, 4) is 0 Å². The molecule has 1 aromatic carbocycles. The summed E-state index contributed by atoms with van der Waals surface area (Å²) in [5.41, 5.74) is 1.31. The summed E-state index contributed by atoms with van der Waals surface area (Å²) in [4.78, 5) is 6.69. The van der Waals surface area contributed by atoms with Crippen LogP contribution in [-0.4, -0.2) is 55.8 Å². The normalized spacial score (nSPS) is 15.6. The summed E-state index contributed by atoms with van der Waals surface area (Å²) in [6.07, 6.45) is 6.87. The van der Waals surface area contributed by atoms with Gasteiger partial charge in [0.15, 0.2) is 5.96 Å². The number of aryl methyl sites for hydroxylation is 1. The van der Waals surface area contributed by atoms with Gasteiger partial charge in [-0.25, -0.2) is 0 Å². The molecule has 1 saturated heterocycles. The smallest absolute Gasteiger partial charge is 0.193 e. The largest absolute Gasteiger partial charge is 0.381 e. The van der Waals surface area contributed by atoms with Crippen molar-refractivity contribution in [3.05, 3.63) is 36.5 Å². The Morgan fingerprint density at radius 2 is 2.04 bits per heavy atom. The Morgan fingerprint density at radius 3 is 2.81 bits per heavy atom. The number of rotatable bonds is 7. The van der Waals surface area contributed by atoms with Gasteiger partial charge in [-0.05, 0) is 49.1 Å². The fourth-order valence-electron chi connectivity index (χ4n) is 3.69. The molecule has 2 heterocycles. The summed E-state index contributed by atoms with van der Waals surface area (Å²) in [7, 11) is 4.00. The Morgan fingerprint density at radius 1 is 1.26 bits per heavy atom. The van der Waals surface area contributed by atoms with Crippen LogP contribution in [0.4, 0.5) is 0 Å². The van der Waals surface area contributed by atoms with Gasteiger partial charge in [0, 0.05) is 58.7 Å². The quantitative estimate of drug-likeness (QED) is 0.280. The van der Waals surface area contributed by atoms with Crippen LogP contribution in [0.15, 0.2) is 41.5 Å². The molecule has 1 aliphatic heterocycles. The van der Waals surface area contributed by atoms with Gasteiger partial charge in [0.05, 0.1) is 0 Å². The Bertz CT molecular complexity index is 709. The van der Waals surface area contributed by atoms with Gasteiger partial charge in [-0.3, -0.25) is 4.99 Å². The molecule has 0 spiro atoms. The van der Waals surface area contributed by atoms with E-state index in [1.165, 1.54) is 30.2 Å². The summed E-state index contributed by atoms with van der Waals surface area (Å²) >= 11 is 0. The van der Waals surface area contributed by atoms with Crippen molar-refractivity contribution in [3.63, 3.8) is 0 Å². The molecule has 0 unspecified atom stereocenters. The van der Waals surface area contributed by atoms with Crippen LogP contribution in [0.3, 0.4) is 0 Å². The van der Waals surface area contributed by atoms with Crippen LogP contribution in [0.25, 0.3) is 10.9 Å². The summed E-state index contributed by atoms with van der Waals surface area (Å²) in [5, 5.41) is 4.81. The molecule has 1 N–H and O–H groups in total. The second-order valence-electron chi connectivity index (χ2n) is 7.16. The van der Waals surface area contributed by atoms with E-state index in [1.54, 1.807) is 0 Å². The summed E-state index contributed by atoms with van der Waals surface area (Å²) < 4.78 is 7.77. The average Bonchev–Trinajstić information content (AvgIpc) is 3.10. The predicted molar refractivity (Wildman–Crippen MR) is 124 cm³/mol. The molecule has 27 heavy (non-hydrogen) atoms. The molecule has 0 radical (unpaired) electrons. The van der Waals surface area contributed by atoms with Gasteiger partial charge in [-0.2, -0.15) is 0 Å². The summed E-state index contributed by atoms with van der Waals surface area (Å²) in [5.74, 6) is 1.79. The number of aromatic nitrogens is 1. The van der Waals surface area contributed by atoms with E-state index in [-0.39, 0.29) is 24.0 Å². The molecule has 2 aromatic rings. The zero-order valence-electron chi connectivity index (χ0n) is 16.6. The predicted octanol–water partition coefficient (Wildman–Crippen LogP) is 3.97. The second kappa shape index (κ2) is 11.5. The molecule has 1 aromatic heterocycles. The Labute approximate surface area is 180 Å². The molecule has 0 aliphatic carbocycles. The highest BCUT2D eigenvalue weighted by Gasteiger charge is 2.15. The number of para-hydroxylation sites is 1. The van der Waals surface area contributed by atoms with E-state index in [1.807, 2.05) is 7.05 Å². The van der Waals surface area contributed by atoms with Gasteiger partial charge < -0.3 is 19.5 Å². The van der Waals surface area contributed by atoms with E-state index in [4.69, 9.17) is 4.74 Å². The fourth-order valence-corrected chi connectivity index (χ4v) is 3.69. The number of hydrogen-bond donors (Lipinski definition) is 1. The first-order valence-electron chi connectivity index (χ1n) is 9.81. The van der Waals surface area contributed by atoms with E-state index in [2.05, 4.69) is 63.4 Å². The lowest BCUT2D eigenvalue weighted by molar-refractivity contribution is 0.0625. The lowest BCUT2D eigenvalue weighted by atomic mass is 9.96. The lowest BCUT2D eigenvalue weighted by Crippen LogP contribution is -2.40. The topological polar surface area (TPSA) is 41.8 Å². The minimum absolute atomic E-state index is 0. The van der Waals surface area contributed by atoms with Crippen LogP contribution in [0, 0.1) is 5.92 Å².